The highest BCUT2D eigenvalue weighted by molar-refractivity contribution is 7.66. The summed E-state index contributed by atoms with van der Waals surface area (Å²) in [4.78, 5) is 12.8. The van der Waals surface area contributed by atoms with Crippen LogP contribution in [0.2, 0.25) is 5.02 Å². The molecule has 0 saturated heterocycles. The molecule has 110 valence electrons. The fraction of sp³-hybridized carbons (Fsp3) is 0.105. The van der Waals surface area contributed by atoms with Gasteiger partial charge in [-0.1, -0.05) is 65.7 Å². The van der Waals surface area contributed by atoms with Gasteiger partial charge >= 0.3 is 0 Å². The van der Waals surface area contributed by atoms with Crippen LogP contribution >= 0.6 is 20.2 Å². The molecule has 0 saturated carbocycles. The van der Waals surface area contributed by atoms with Gasteiger partial charge in [0.05, 0.1) is 5.02 Å². The third kappa shape index (κ3) is 2.92. The van der Waals surface area contributed by atoms with Gasteiger partial charge in [0.25, 0.3) is 0 Å². The maximum absolute atomic E-state index is 12.8. The first-order valence-corrected chi connectivity index (χ1v) is 8.50. The maximum Gasteiger partial charge on any atom is 0.187 e. The van der Waals surface area contributed by atoms with Crippen LogP contribution in [0.3, 0.4) is 0 Å². The van der Waals surface area contributed by atoms with E-state index in [4.69, 9.17) is 11.6 Å². The van der Waals surface area contributed by atoms with Gasteiger partial charge in [0.2, 0.25) is 0 Å². The molecule has 0 aliphatic heterocycles. The van der Waals surface area contributed by atoms with Crippen LogP contribution in [0.1, 0.15) is 21.5 Å². The van der Waals surface area contributed by atoms with E-state index in [-0.39, 0.29) is 14.1 Å². The van der Waals surface area contributed by atoms with Gasteiger partial charge in [0.1, 0.15) is 0 Å². The minimum Gasteiger partial charge on any atom is -0.289 e. The summed E-state index contributed by atoms with van der Waals surface area (Å²) in [6, 6.07) is 17.9. The highest BCUT2D eigenvalue weighted by atomic mass is 35.5. The van der Waals surface area contributed by atoms with Gasteiger partial charge in [-0.25, -0.2) is 0 Å². The summed E-state index contributed by atoms with van der Waals surface area (Å²) in [6.07, 6.45) is 0. The molecule has 0 aromatic heterocycles. The minimum absolute atomic E-state index is 0.0873. The molecule has 1 nitrogen and oxygen atoms in total. The largest absolute Gasteiger partial charge is 0.289 e. The van der Waals surface area contributed by atoms with Crippen molar-refractivity contribution in [1.29, 1.82) is 0 Å². The van der Waals surface area contributed by atoms with Crippen molar-refractivity contribution in [3.8, 4) is 0 Å². The van der Waals surface area contributed by atoms with Crippen molar-refractivity contribution in [1.82, 2.24) is 0 Å². The number of carbonyl (C=O) groups excluding carboxylic acids is 1. The normalized spacial score (nSPS) is 11.4. The number of benzene rings is 3. The molecule has 3 aromatic rings. The van der Waals surface area contributed by atoms with E-state index in [1.165, 1.54) is 5.56 Å². The first-order chi connectivity index (χ1) is 10.6. The number of rotatable bonds is 3. The summed E-state index contributed by atoms with van der Waals surface area (Å²) in [6.45, 7) is 4.09. The zero-order valence-corrected chi connectivity index (χ0v) is 14.2. The van der Waals surface area contributed by atoms with Gasteiger partial charge < -0.3 is 0 Å². The lowest BCUT2D eigenvalue weighted by Crippen LogP contribution is -2.06. The van der Waals surface area contributed by atoms with Crippen LogP contribution in [-0.4, -0.2) is 5.52 Å². The third-order valence-corrected chi connectivity index (χ3v) is 5.35. The van der Waals surface area contributed by atoms with Crippen LogP contribution in [0.15, 0.2) is 54.6 Å². The van der Waals surface area contributed by atoms with Gasteiger partial charge in [0, 0.05) is 5.56 Å². The van der Waals surface area contributed by atoms with Crippen LogP contribution in [0.5, 0.6) is 0 Å². The minimum atomic E-state index is 0.0873. The lowest BCUT2D eigenvalue weighted by Gasteiger charge is -2.10. The molecule has 3 aromatic carbocycles. The molecule has 3 rings (SSSR count). The van der Waals surface area contributed by atoms with Crippen LogP contribution in [0, 0.1) is 13.8 Å². The first kappa shape index (κ1) is 15.2. The molecule has 0 heterocycles. The molecular weight excluding hydrogens is 311 g/mol. The molecule has 3 heteroatoms. The van der Waals surface area contributed by atoms with Crippen LogP contribution in [0.4, 0.5) is 0 Å². The average Bonchev–Trinajstić information content (AvgIpc) is 2.50. The van der Waals surface area contributed by atoms with Crippen molar-refractivity contribution in [2.45, 2.75) is 13.8 Å². The Morgan fingerprint density at radius 1 is 1.00 bits per heavy atom. The summed E-state index contributed by atoms with van der Waals surface area (Å²) < 4.78 is 0. The van der Waals surface area contributed by atoms with Crippen LogP contribution in [0.25, 0.3) is 10.8 Å². The Morgan fingerprint density at radius 2 is 1.77 bits per heavy atom. The second-order valence-corrected chi connectivity index (χ2v) is 7.07. The Hall–Kier alpha value is -1.69. The SMILES string of the molecule is Cc1ccc(C)c(PC(=O)c2c(Cl)ccc3ccccc23)c1. The summed E-state index contributed by atoms with van der Waals surface area (Å²) in [5, 5.41) is 3.59. The predicted octanol–water partition coefficient (Wildman–Crippen LogP) is 5.25. The Labute approximate surface area is 137 Å². The highest BCUT2D eigenvalue weighted by Gasteiger charge is 2.16. The van der Waals surface area contributed by atoms with Gasteiger partial charge in [-0.3, -0.25) is 4.79 Å². The van der Waals surface area contributed by atoms with Crippen LogP contribution < -0.4 is 5.30 Å². The molecule has 0 amide bonds. The van der Waals surface area contributed by atoms with Crippen molar-refractivity contribution in [3.63, 3.8) is 0 Å². The summed E-state index contributed by atoms with van der Waals surface area (Å²) >= 11 is 6.32. The number of hydrogen-bond donors (Lipinski definition) is 0. The van der Waals surface area contributed by atoms with Gasteiger partial charge in [-0.2, -0.15) is 0 Å². The fourth-order valence-corrected chi connectivity index (χ4v) is 4.08. The summed E-state index contributed by atoms with van der Waals surface area (Å²) in [5.41, 5.74) is 3.05. The number of fused-ring (bicyclic) bond motifs is 1. The smallest absolute Gasteiger partial charge is 0.187 e. The van der Waals surface area contributed by atoms with Crippen molar-refractivity contribution in [3.05, 3.63) is 76.3 Å². The number of hydrogen-bond acceptors (Lipinski definition) is 1. The molecule has 0 spiro atoms. The maximum atomic E-state index is 12.8. The predicted molar refractivity (Wildman–Crippen MR) is 97.2 cm³/mol. The van der Waals surface area contributed by atoms with Gasteiger partial charge in [-0.15, -0.1) is 0 Å². The van der Waals surface area contributed by atoms with E-state index in [1.807, 2.05) is 50.2 Å². The zero-order valence-electron chi connectivity index (χ0n) is 12.5. The van der Waals surface area contributed by atoms with Crippen molar-refractivity contribution in [2.75, 3.05) is 0 Å². The van der Waals surface area contributed by atoms with E-state index < -0.39 is 0 Å². The van der Waals surface area contributed by atoms with E-state index in [2.05, 4.69) is 18.2 Å². The number of halogens is 1. The Morgan fingerprint density at radius 3 is 2.59 bits per heavy atom. The molecule has 0 bridgehead atoms. The molecule has 22 heavy (non-hydrogen) atoms. The second kappa shape index (κ2) is 6.20. The van der Waals surface area contributed by atoms with Gasteiger partial charge in [0.15, 0.2) is 5.52 Å². The molecular formula is C19H16ClOP. The summed E-state index contributed by atoms with van der Waals surface area (Å²) in [5.74, 6) is 0. The Bertz CT molecular complexity index is 870. The standard InChI is InChI=1S/C19H16ClOP/c1-12-7-8-13(2)17(11-12)22-19(21)18-15-6-4-3-5-14(15)9-10-16(18)20/h3-11,22H,1-2H3. The van der Waals surface area contributed by atoms with E-state index in [1.54, 1.807) is 0 Å². The molecule has 0 fully saturated rings. The van der Waals surface area contributed by atoms with Crippen LogP contribution in [-0.2, 0) is 0 Å². The monoisotopic (exact) mass is 326 g/mol. The van der Waals surface area contributed by atoms with Crippen molar-refractivity contribution < 1.29 is 4.79 Å². The summed E-state index contributed by atoms with van der Waals surface area (Å²) in [7, 11) is 0.0873. The molecule has 0 N–H and O–H groups in total. The molecule has 0 aliphatic carbocycles. The Kier molecular flexibility index (Phi) is 4.29. The van der Waals surface area contributed by atoms with E-state index >= 15 is 0 Å². The molecule has 1 atom stereocenters. The Balaban J connectivity index is 2.06. The fourth-order valence-electron chi connectivity index (χ4n) is 2.53. The van der Waals surface area contributed by atoms with Crippen molar-refractivity contribution in [2.24, 2.45) is 0 Å². The number of aryl methyl sites for hydroxylation is 2. The quantitative estimate of drug-likeness (QED) is 0.600. The molecule has 0 radical (unpaired) electrons. The molecule has 1 unspecified atom stereocenters. The van der Waals surface area contributed by atoms with E-state index in [9.17, 15) is 4.79 Å². The third-order valence-electron chi connectivity index (χ3n) is 3.75. The number of carbonyl (C=O) groups is 1. The van der Waals surface area contributed by atoms with Crippen molar-refractivity contribution >= 4 is 41.8 Å². The van der Waals surface area contributed by atoms with E-state index in [0.717, 1.165) is 21.6 Å². The van der Waals surface area contributed by atoms with Gasteiger partial charge in [-0.05, 0) is 50.1 Å². The van der Waals surface area contributed by atoms with E-state index in [0.29, 0.717) is 10.6 Å². The second-order valence-electron chi connectivity index (χ2n) is 5.42. The topological polar surface area (TPSA) is 17.1 Å². The lowest BCUT2D eigenvalue weighted by molar-refractivity contribution is 0.108. The molecule has 0 aliphatic rings. The average molecular weight is 327 g/mol. The zero-order chi connectivity index (χ0) is 15.7. The first-order valence-electron chi connectivity index (χ1n) is 7.12. The highest BCUT2D eigenvalue weighted by Crippen LogP contribution is 2.32. The lowest BCUT2D eigenvalue weighted by atomic mass is 10.1.